The van der Waals surface area contributed by atoms with Gasteiger partial charge < -0.3 is 10.1 Å². The predicted molar refractivity (Wildman–Crippen MR) is 67.0 cm³/mol. The third kappa shape index (κ3) is 3.27. The van der Waals surface area contributed by atoms with Crippen molar-refractivity contribution in [2.45, 2.75) is 44.8 Å². The average Bonchev–Trinajstić information content (AvgIpc) is 2.91. The van der Waals surface area contributed by atoms with E-state index >= 15 is 0 Å². The Kier molecular flexibility index (Phi) is 4.32. The Morgan fingerprint density at radius 2 is 2.56 bits per heavy atom. The molecule has 2 unspecified atom stereocenters. The number of hydrogen-bond donors (Lipinski definition) is 1. The maximum Gasteiger partial charge on any atom is 0.0954 e. The molecule has 16 heavy (non-hydrogen) atoms. The summed E-state index contributed by atoms with van der Waals surface area (Å²) in [5.41, 5.74) is 1.24. The molecule has 0 aliphatic carbocycles. The standard InChI is InChI=1S/C12H20N2OS/c1-9(15-2)6-12-14-11(8-16-12)7-10-4-3-5-13-10/h8-10,13H,3-7H2,1-2H3. The van der Waals surface area contributed by atoms with Crippen LogP contribution in [-0.4, -0.2) is 30.8 Å². The molecule has 1 saturated heterocycles. The molecule has 90 valence electrons. The minimum Gasteiger partial charge on any atom is -0.381 e. The first-order valence-electron chi connectivity index (χ1n) is 5.97. The van der Waals surface area contributed by atoms with Crippen molar-refractivity contribution >= 4 is 11.3 Å². The van der Waals surface area contributed by atoms with Gasteiger partial charge in [0.15, 0.2) is 0 Å². The third-order valence-electron chi connectivity index (χ3n) is 3.08. The molecule has 1 aliphatic heterocycles. The van der Waals surface area contributed by atoms with Crippen LogP contribution < -0.4 is 5.32 Å². The van der Waals surface area contributed by atoms with Gasteiger partial charge in [-0.05, 0) is 26.3 Å². The zero-order valence-corrected chi connectivity index (χ0v) is 10.8. The second kappa shape index (κ2) is 5.75. The number of hydrogen-bond acceptors (Lipinski definition) is 4. The fourth-order valence-corrected chi connectivity index (χ4v) is 2.97. The van der Waals surface area contributed by atoms with E-state index in [1.807, 2.05) is 0 Å². The second-order valence-corrected chi connectivity index (χ2v) is 5.42. The highest BCUT2D eigenvalue weighted by Crippen LogP contribution is 2.16. The van der Waals surface area contributed by atoms with Gasteiger partial charge in [0, 0.05) is 31.4 Å². The van der Waals surface area contributed by atoms with Gasteiger partial charge in [-0.3, -0.25) is 0 Å². The summed E-state index contributed by atoms with van der Waals surface area (Å²) in [4.78, 5) is 4.66. The minimum atomic E-state index is 0.267. The Hall–Kier alpha value is -0.450. The molecule has 1 aliphatic rings. The van der Waals surface area contributed by atoms with Crippen LogP contribution in [0, 0.1) is 0 Å². The lowest BCUT2D eigenvalue weighted by Crippen LogP contribution is -2.23. The molecule has 1 N–H and O–H groups in total. The average molecular weight is 240 g/mol. The molecule has 0 spiro atoms. The van der Waals surface area contributed by atoms with Crippen LogP contribution in [0.2, 0.25) is 0 Å². The fourth-order valence-electron chi connectivity index (χ4n) is 2.05. The molecule has 0 amide bonds. The molecule has 0 bridgehead atoms. The van der Waals surface area contributed by atoms with Gasteiger partial charge in [0.1, 0.15) is 0 Å². The Morgan fingerprint density at radius 3 is 3.25 bits per heavy atom. The molecule has 1 fully saturated rings. The highest BCUT2D eigenvalue weighted by molar-refractivity contribution is 7.09. The van der Waals surface area contributed by atoms with E-state index in [2.05, 4.69) is 22.6 Å². The molecule has 1 aromatic rings. The monoisotopic (exact) mass is 240 g/mol. The molecule has 0 saturated carbocycles. The maximum absolute atomic E-state index is 5.25. The fraction of sp³-hybridized carbons (Fsp3) is 0.750. The number of thiazole rings is 1. The van der Waals surface area contributed by atoms with Crippen molar-refractivity contribution in [3.8, 4) is 0 Å². The highest BCUT2D eigenvalue weighted by Gasteiger charge is 2.16. The van der Waals surface area contributed by atoms with E-state index in [1.165, 1.54) is 30.1 Å². The van der Waals surface area contributed by atoms with E-state index in [1.54, 1.807) is 18.4 Å². The van der Waals surface area contributed by atoms with Gasteiger partial charge in [0.05, 0.1) is 16.8 Å². The van der Waals surface area contributed by atoms with Gasteiger partial charge in [-0.2, -0.15) is 0 Å². The first kappa shape index (κ1) is 12.0. The molecule has 1 aromatic heterocycles. The van der Waals surface area contributed by atoms with Crippen LogP contribution in [0.1, 0.15) is 30.5 Å². The first-order chi connectivity index (χ1) is 7.78. The number of aromatic nitrogens is 1. The number of rotatable bonds is 5. The van der Waals surface area contributed by atoms with Crippen LogP contribution in [0.25, 0.3) is 0 Å². The summed E-state index contributed by atoms with van der Waals surface area (Å²) in [7, 11) is 1.75. The van der Waals surface area contributed by atoms with Crippen LogP contribution in [0.3, 0.4) is 0 Å². The second-order valence-electron chi connectivity index (χ2n) is 4.48. The lowest BCUT2D eigenvalue weighted by atomic mass is 10.1. The van der Waals surface area contributed by atoms with Gasteiger partial charge in [0.25, 0.3) is 0 Å². The van der Waals surface area contributed by atoms with Crippen molar-refractivity contribution in [2.24, 2.45) is 0 Å². The largest absolute Gasteiger partial charge is 0.381 e. The van der Waals surface area contributed by atoms with Crippen LogP contribution in [-0.2, 0) is 17.6 Å². The summed E-state index contributed by atoms with van der Waals surface area (Å²) in [6, 6.07) is 0.648. The molecule has 0 aromatic carbocycles. The van der Waals surface area contributed by atoms with Gasteiger partial charge >= 0.3 is 0 Å². The van der Waals surface area contributed by atoms with Gasteiger partial charge in [-0.1, -0.05) is 0 Å². The van der Waals surface area contributed by atoms with Crippen LogP contribution in [0.5, 0.6) is 0 Å². The number of nitrogens with one attached hydrogen (secondary N) is 1. The minimum absolute atomic E-state index is 0.267. The van der Waals surface area contributed by atoms with E-state index in [0.717, 1.165) is 12.8 Å². The van der Waals surface area contributed by atoms with E-state index in [4.69, 9.17) is 4.74 Å². The van der Waals surface area contributed by atoms with Crippen LogP contribution in [0.4, 0.5) is 0 Å². The summed E-state index contributed by atoms with van der Waals surface area (Å²) in [5, 5.41) is 6.90. The van der Waals surface area contributed by atoms with E-state index in [0.29, 0.717) is 6.04 Å². The molecular formula is C12H20N2OS. The number of methoxy groups -OCH3 is 1. The molecule has 2 heterocycles. The Morgan fingerprint density at radius 1 is 1.69 bits per heavy atom. The molecule has 4 heteroatoms. The summed E-state index contributed by atoms with van der Waals surface area (Å²) < 4.78 is 5.25. The third-order valence-corrected chi connectivity index (χ3v) is 4.00. The first-order valence-corrected chi connectivity index (χ1v) is 6.85. The highest BCUT2D eigenvalue weighted by atomic mass is 32.1. The van der Waals surface area contributed by atoms with Crippen LogP contribution in [0.15, 0.2) is 5.38 Å². The SMILES string of the molecule is COC(C)Cc1nc(CC2CCCN2)cs1. The maximum atomic E-state index is 5.25. The lowest BCUT2D eigenvalue weighted by Gasteiger charge is -2.07. The molecule has 2 rings (SSSR count). The normalized spacial score (nSPS) is 22.5. The Labute approximate surface area is 101 Å². The van der Waals surface area contributed by atoms with Crippen molar-refractivity contribution in [2.75, 3.05) is 13.7 Å². The van der Waals surface area contributed by atoms with Crippen molar-refractivity contribution < 1.29 is 4.74 Å². The van der Waals surface area contributed by atoms with Gasteiger partial charge in [0.2, 0.25) is 0 Å². The zero-order chi connectivity index (χ0) is 11.4. The van der Waals surface area contributed by atoms with E-state index in [9.17, 15) is 0 Å². The Balaban J connectivity index is 1.86. The summed E-state index contributed by atoms with van der Waals surface area (Å²) >= 11 is 1.76. The Bertz CT molecular complexity index is 321. The van der Waals surface area contributed by atoms with Gasteiger partial charge in [-0.25, -0.2) is 4.98 Å². The van der Waals surface area contributed by atoms with Crippen LogP contribution >= 0.6 is 11.3 Å². The van der Waals surface area contributed by atoms with Crippen molar-refractivity contribution in [3.63, 3.8) is 0 Å². The molecular weight excluding hydrogens is 220 g/mol. The summed E-state index contributed by atoms with van der Waals surface area (Å²) in [6.45, 7) is 3.25. The molecule has 2 atom stereocenters. The predicted octanol–water partition coefficient (Wildman–Crippen LogP) is 2.01. The molecule has 0 radical (unpaired) electrons. The topological polar surface area (TPSA) is 34.1 Å². The van der Waals surface area contributed by atoms with E-state index in [-0.39, 0.29) is 6.10 Å². The van der Waals surface area contributed by atoms with Crippen molar-refractivity contribution in [1.82, 2.24) is 10.3 Å². The number of ether oxygens (including phenoxy) is 1. The summed E-state index contributed by atoms with van der Waals surface area (Å²) in [6.07, 6.45) is 4.88. The summed E-state index contributed by atoms with van der Waals surface area (Å²) in [5.74, 6) is 0. The van der Waals surface area contributed by atoms with Crippen molar-refractivity contribution in [3.05, 3.63) is 16.1 Å². The van der Waals surface area contributed by atoms with E-state index < -0.39 is 0 Å². The van der Waals surface area contributed by atoms with Gasteiger partial charge in [-0.15, -0.1) is 11.3 Å². The quantitative estimate of drug-likeness (QED) is 0.855. The number of nitrogens with zero attached hydrogens (tertiary/aromatic N) is 1. The molecule has 3 nitrogen and oxygen atoms in total. The smallest absolute Gasteiger partial charge is 0.0954 e. The lowest BCUT2D eigenvalue weighted by molar-refractivity contribution is 0.118. The zero-order valence-electron chi connectivity index (χ0n) is 10.0. The van der Waals surface area contributed by atoms with Crippen molar-refractivity contribution in [1.29, 1.82) is 0 Å².